The maximum absolute atomic E-state index is 11.4. The van der Waals surface area contributed by atoms with Gasteiger partial charge in [0.2, 0.25) is 0 Å². The quantitative estimate of drug-likeness (QED) is 0.513. The van der Waals surface area contributed by atoms with Crippen LogP contribution >= 0.6 is 0 Å². The van der Waals surface area contributed by atoms with E-state index in [4.69, 9.17) is 4.74 Å². The molecule has 0 aromatic rings. The van der Waals surface area contributed by atoms with Crippen molar-refractivity contribution in [1.29, 1.82) is 0 Å². The van der Waals surface area contributed by atoms with Crippen molar-refractivity contribution < 1.29 is 9.53 Å². The Morgan fingerprint density at radius 3 is 2.29 bits per heavy atom. The van der Waals surface area contributed by atoms with Gasteiger partial charge in [-0.25, -0.2) is 4.79 Å². The Kier molecular flexibility index (Phi) is 4.89. The summed E-state index contributed by atoms with van der Waals surface area (Å²) < 4.78 is 5.19. The van der Waals surface area contributed by atoms with Crippen LogP contribution in [0.2, 0.25) is 0 Å². The summed E-state index contributed by atoms with van der Waals surface area (Å²) in [5, 5.41) is 0. The summed E-state index contributed by atoms with van der Waals surface area (Å²) in [7, 11) is 0. The molecule has 0 aliphatic heterocycles. The largest absolute Gasteiger partial charge is 0.457 e. The van der Waals surface area contributed by atoms with Crippen LogP contribution in [0.5, 0.6) is 0 Å². The molecular formula is C12H22O2. The van der Waals surface area contributed by atoms with Gasteiger partial charge in [-0.15, -0.1) is 0 Å². The number of hydrogen-bond donors (Lipinski definition) is 0. The Labute approximate surface area is 87.3 Å². The second-order valence-electron chi connectivity index (χ2n) is 4.73. The third kappa shape index (κ3) is 5.79. The molecule has 14 heavy (non-hydrogen) atoms. The van der Waals surface area contributed by atoms with Crippen molar-refractivity contribution in [2.24, 2.45) is 5.92 Å². The second-order valence-corrected chi connectivity index (χ2v) is 4.73. The molecule has 1 unspecified atom stereocenters. The number of rotatable bonds is 3. The molecule has 0 bridgehead atoms. The average molecular weight is 198 g/mol. The van der Waals surface area contributed by atoms with Crippen LogP contribution in [0, 0.1) is 5.92 Å². The first-order chi connectivity index (χ1) is 6.26. The summed E-state index contributed by atoms with van der Waals surface area (Å²) in [5.41, 5.74) is 0.685. The SMILES string of the molecule is CCC(C)/C(C)=C/C(=O)OC(C)(C)C. The van der Waals surface area contributed by atoms with Crippen molar-refractivity contribution in [3.8, 4) is 0 Å². The minimum absolute atomic E-state index is 0.240. The molecule has 0 saturated heterocycles. The third-order valence-corrected chi connectivity index (χ3v) is 2.14. The van der Waals surface area contributed by atoms with E-state index in [2.05, 4.69) is 13.8 Å². The molecule has 0 spiro atoms. The molecular weight excluding hydrogens is 176 g/mol. The summed E-state index contributed by atoms with van der Waals surface area (Å²) in [6.07, 6.45) is 2.64. The molecule has 0 radical (unpaired) electrons. The number of esters is 1. The molecule has 2 heteroatoms. The molecule has 2 nitrogen and oxygen atoms in total. The van der Waals surface area contributed by atoms with Gasteiger partial charge >= 0.3 is 5.97 Å². The molecule has 0 heterocycles. The van der Waals surface area contributed by atoms with E-state index in [0.717, 1.165) is 12.0 Å². The van der Waals surface area contributed by atoms with E-state index in [1.165, 1.54) is 0 Å². The van der Waals surface area contributed by atoms with Crippen molar-refractivity contribution in [3.63, 3.8) is 0 Å². The lowest BCUT2D eigenvalue weighted by Crippen LogP contribution is -2.23. The molecule has 82 valence electrons. The van der Waals surface area contributed by atoms with Crippen LogP contribution < -0.4 is 0 Å². The van der Waals surface area contributed by atoms with Gasteiger partial charge in [0.05, 0.1) is 0 Å². The van der Waals surface area contributed by atoms with Crippen LogP contribution in [-0.4, -0.2) is 11.6 Å². The number of ether oxygens (including phenoxy) is 1. The number of allylic oxidation sites excluding steroid dienone is 1. The maximum Gasteiger partial charge on any atom is 0.331 e. The first-order valence-electron chi connectivity index (χ1n) is 5.17. The standard InChI is InChI=1S/C12H22O2/c1-7-9(2)10(3)8-11(13)14-12(4,5)6/h8-9H,7H2,1-6H3/b10-8+. The van der Waals surface area contributed by atoms with Crippen molar-refractivity contribution in [2.75, 3.05) is 0 Å². The van der Waals surface area contributed by atoms with Crippen LogP contribution in [0.3, 0.4) is 0 Å². The van der Waals surface area contributed by atoms with Crippen LogP contribution in [0.15, 0.2) is 11.6 Å². The monoisotopic (exact) mass is 198 g/mol. The van der Waals surface area contributed by atoms with Gasteiger partial charge < -0.3 is 4.74 Å². The van der Waals surface area contributed by atoms with Gasteiger partial charge in [0.15, 0.2) is 0 Å². The molecule has 0 rings (SSSR count). The van der Waals surface area contributed by atoms with E-state index >= 15 is 0 Å². The fraction of sp³-hybridized carbons (Fsp3) is 0.750. The van der Waals surface area contributed by atoms with Gasteiger partial charge in [-0.1, -0.05) is 19.4 Å². The highest BCUT2D eigenvalue weighted by Crippen LogP contribution is 2.14. The zero-order valence-corrected chi connectivity index (χ0v) is 10.2. The lowest BCUT2D eigenvalue weighted by atomic mass is 10.00. The summed E-state index contributed by atoms with van der Waals surface area (Å²) in [4.78, 5) is 11.4. The summed E-state index contributed by atoms with van der Waals surface area (Å²) in [6, 6.07) is 0. The predicted octanol–water partition coefficient (Wildman–Crippen LogP) is 3.32. The summed E-state index contributed by atoms with van der Waals surface area (Å²) in [5.74, 6) is 0.206. The highest BCUT2D eigenvalue weighted by atomic mass is 16.6. The molecule has 0 aliphatic rings. The van der Waals surface area contributed by atoms with E-state index in [9.17, 15) is 4.79 Å². The first kappa shape index (κ1) is 13.2. The predicted molar refractivity (Wildman–Crippen MR) is 59.1 cm³/mol. The number of carbonyl (C=O) groups is 1. The topological polar surface area (TPSA) is 26.3 Å². The van der Waals surface area contributed by atoms with Gasteiger partial charge in [0.25, 0.3) is 0 Å². The minimum atomic E-state index is -0.399. The van der Waals surface area contributed by atoms with Crippen molar-refractivity contribution in [1.82, 2.24) is 0 Å². The van der Waals surface area contributed by atoms with Gasteiger partial charge in [-0.05, 0) is 40.0 Å². The molecule has 1 atom stereocenters. The number of carbonyl (C=O) groups excluding carboxylic acids is 1. The zero-order chi connectivity index (χ0) is 11.4. The molecule has 0 N–H and O–H groups in total. The highest BCUT2D eigenvalue weighted by molar-refractivity contribution is 5.83. The van der Waals surface area contributed by atoms with Gasteiger partial charge in [-0.2, -0.15) is 0 Å². The molecule has 0 aromatic heterocycles. The van der Waals surface area contributed by atoms with Gasteiger partial charge in [0.1, 0.15) is 5.60 Å². The van der Waals surface area contributed by atoms with Crippen molar-refractivity contribution >= 4 is 5.97 Å². The van der Waals surface area contributed by atoms with Crippen molar-refractivity contribution in [2.45, 2.75) is 53.6 Å². The molecule has 0 aromatic carbocycles. The van der Waals surface area contributed by atoms with Crippen molar-refractivity contribution in [3.05, 3.63) is 11.6 Å². The lowest BCUT2D eigenvalue weighted by molar-refractivity contribution is -0.148. The molecule has 0 amide bonds. The summed E-state index contributed by atoms with van der Waals surface area (Å²) in [6.45, 7) is 11.8. The van der Waals surface area contributed by atoms with Gasteiger partial charge in [0, 0.05) is 6.08 Å². The van der Waals surface area contributed by atoms with Crippen LogP contribution in [0.25, 0.3) is 0 Å². The van der Waals surface area contributed by atoms with Crippen LogP contribution in [0.1, 0.15) is 48.0 Å². The molecule has 0 aliphatic carbocycles. The molecule has 0 saturated carbocycles. The Bertz CT molecular complexity index is 221. The summed E-state index contributed by atoms with van der Waals surface area (Å²) >= 11 is 0. The molecule has 0 fully saturated rings. The second kappa shape index (κ2) is 5.18. The smallest absolute Gasteiger partial charge is 0.331 e. The fourth-order valence-corrected chi connectivity index (χ4v) is 0.981. The van der Waals surface area contributed by atoms with E-state index < -0.39 is 5.60 Å². The van der Waals surface area contributed by atoms with Crippen LogP contribution in [0.4, 0.5) is 0 Å². The Balaban J connectivity index is 4.30. The Hall–Kier alpha value is -0.790. The number of hydrogen-bond acceptors (Lipinski definition) is 2. The van der Waals surface area contributed by atoms with E-state index in [-0.39, 0.29) is 5.97 Å². The van der Waals surface area contributed by atoms with Crippen LogP contribution in [-0.2, 0) is 9.53 Å². The minimum Gasteiger partial charge on any atom is -0.457 e. The normalized spacial score (nSPS) is 15.1. The fourth-order valence-electron chi connectivity index (χ4n) is 0.981. The van der Waals surface area contributed by atoms with E-state index in [1.807, 2.05) is 27.7 Å². The van der Waals surface area contributed by atoms with E-state index in [0.29, 0.717) is 5.92 Å². The van der Waals surface area contributed by atoms with E-state index in [1.54, 1.807) is 6.08 Å². The maximum atomic E-state index is 11.4. The highest BCUT2D eigenvalue weighted by Gasteiger charge is 2.15. The Morgan fingerprint density at radius 1 is 1.43 bits per heavy atom. The first-order valence-corrected chi connectivity index (χ1v) is 5.17. The van der Waals surface area contributed by atoms with Gasteiger partial charge in [-0.3, -0.25) is 0 Å². The zero-order valence-electron chi connectivity index (χ0n) is 10.2. The third-order valence-electron chi connectivity index (χ3n) is 2.14. The Morgan fingerprint density at radius 2 is 1.93 bits per heavy atom. The average Bonchev–Trinajstić information content (AvgIpc) is 1.99. The lowest BCUT2D eigenvalue weighted by Gasteiger charge is -2.18.